The van der Waals surface area contributed by atoms with Gasteiger partial charge in [0.1, 0.15) is 26.3 Å². The van der Waals surface area contributed by atoms with E-state index >= 15 is 0 Å². The van der Waals surface area contributed by atoms with Gasteiger partial charge in [0.2, 0.25) is 0 Å². The Labute approximate surface area is 217 Å². The van der Waals surface area contributed by atoms with Crippen LogP contribution in [0, 0.1) is 0 Å². The number of quaternary nitrogens is 1. The van der Waals surface area contributed by atoms with Crippen LogP contribution in [0.15, 0.2) is 4.76 Å². The first kappa shape index (κ1) is 32.6. The molecule has 1 rings (SSSR count). The lowest BCUT2D eigenvalue weighted by atomic mass is 9.94. The lowest BCUT2D eigenvalue weighted by Gasteiger charge is -2.37. The zero-order valence-electron chi connectivity index (χ0n) is 22.2. The third-order valence-corrected chi connectivity index (χ3v) is 6.70. The number of ether oxygens (including phenoxy) is 4. The minimum absolute atomic E-state index is 0.191. The molecule has 2 N–H and O–H groups in total. The average molecular weight is 555 g/mol. The Balaban J connectivity index is 2.97. The summed E-state index contributed by atoms with van der Waals surface area (Å²) >= 11 is 0. The van der Waals surface area contributed by atoms with Crippen molar-refractivity contribution in [2.24, 2.45) is 10.5 Å². The van der Waals surface area contributed by atoms with Gasteiger partial charge in [-0.05, 0) is 25.7 Å². The largest absolute Gasteiger partial charge is 0.508 e. The van der Waals surface area contributed by atoms with E-state index in [-0.39, 0.29) is 51.6 Å². The second-order valence-corrected chi connectivity index (χ2v) is 10.0. The van der Waals surface area contributed by atoms with E-state index in [1.54, 1.807) is 7.05 Å². The van der Waals surface area contributed by atoms with Crippen LogP contribution in [0.25, 0.3) is 0 Å². The Kier molecular flexibility index (Phi) is 15.1. The van der Waals surface area contributed by atoms with Crippen molar-refractivity contribution in [3.05, 3.63) is 0 Å². The molecule has 0 aromatic rings. The van der Waals surface area contributed by atoms with E-state index in [1.165, 1.54) is 6.92 Å². The highest BCUT2D eigenvalue weighted by Crippen LogP contribution is 2.50. The maximum Gasteiger partial charge on any atom is 0.508 e. The number of hydrogen-bond acceptors (Lipinski definition) is 11. The molecule has 0 spiro atoms. The Hall–Kier alpha value is -2.41. The predicted molar refractivity (Wildman–Crippen MR) is 131 cm³/mol. The lowest BCUT2D eigenvalue weighted by Crippen LogP contribution is -2.60. The zero-order valence-corrected chi connectivity index (χ0v) is 23.1. The molecule has 0 heterocycles. The van der Waals surface area contributed by atoms with Crippen LogP contribution < -0.4 is 5.73 Å². The minimum Gasteiger partial charge on any atom is -0.434 e. The molecule has 1 saturated carbocycles. The SMILES string of the molecule is CCCOC(=O)OCCOP(=O)(N=C(N)[N+](C)(OC(C)=O)C1CCCCC1)OCCOC(=O)OCCC. The van der Waals surface area contributed by atoms with Gasteiger partial charge in [0.25, 0.3) is 0 Å². The molecular formula is C22H41N3O11P+. The van der Waals surface area contributed by atoms with Crippen LogP contribution in [-0.2, 0) is 42.2 Å². The van der Waals surface area contributed by atoms with Crippen LogP contribution in [0.5, 0.6) is 0 Å². The normalized spacial score (nSPS) is 16.4. The number of rotatable bonds is 14. The third kappa shape index (κ3) is 12.6. The first-order chi connectivity index (χ1) is 17.6. The summed E-state index contributed by atoms with van der Waals surface area (Å²) in [6, 6.07) is -0.205. The second-order valence-electron chi connectivity index (χ2n) is 8.35. The molecular weight excluding hydrogens is 513 g/mol. The van der Waals surface area contributed by atoms with Gasteiger partial charge in [-0.15, -0.1) is 4.76 Å². The molecule has 0 aromatic heterocycles. The summed E-state index contributed by atoms with van der Waals surface area (Å²) in [5.41, 5.74) is 6.23. The number of nitrogens with zero attached hydrogens (tertiary/aromatic N) is 2. The summed E-state index contributed by atoms with van der Waals surface area (Å²) < 4.78 is 46.9. The molecule has 1 aliphatic carbocycles. The zero-order chi connectivity index (χ0) is 27.7. The van der Waals surface area contributed by atoms with Gasteiger partial charge >= 0.3 is 32.0 Å². The fourth-order valence-electron chi connectivity index (χ4n) is 3.47. The van der Waals surface area contributed by atoms with Crippen molar-refractivity contribution >= 4 is 32.0 Å². The monoisotopic (exact) mass is 554 g/mol. The highest BCUT2D eigenvalue weighted by molar-refractivity contribution is 7.52. The molecule has 0 bridgehead atoms. The van der Waals surface area contributed by atoms with Crippen molar-refractivity contribution < 1.29 is 56.4 Å². The van der Waals surface area contributed by atoms with Crippen molar-refractivity contribution in [2.75, 3.05) is 46.7 Å². The van der Waals surface area contributed by atoms with Gasteiger partial charge in [-0.1, -0.05) is 24.9 Å². The van der Waals surface area contributed by atoms with Crippen molar-refractivity contribution in [1.82, 2.24) is 0 Å². The summed E-state index contributed by atoms with van der Waals surface area (Å²) in [6.45, 7) is 3.94. The molecule has 0 aliphatic heterocycles. The standard InChI is InChI=1S/C22H41N3O11P/c1-5-12-30-21(27)32-14-16-34-37(29,35-17-15-33-22(28)31-13-6-2)24-20(23)25(4,36-18(3)26)19-10-8-7-9-11-19/h19H,5-17H2,1-4H3,(H2,23,24,29)/q+1. The lowest BCUT2D eigenvalue weighted by molar-refractivity contribution is -1.02. The first-order valence-corrected chi connectivity index (χ1v) is 14.0. The fraction of sp³-hybridized carbons (Fsp3) is 0.818. The number of hydroxylamine groups is 3. The topological polar surface area (TPSA) is 171 Å². The second kappa shape index (κ2) is 17.2. The van der Waals surface area contributed by atoms with Gasteiger partial charge in [0.15, 0.2) is 0 Å². The van der Waals surface area contributed by atoms with Gasteiger partial charge < -0.3 is 24.7 Å². The summed E-state index contributed by atoms with van der Waals surface area (Å²) in [4.78, 5) is 40.4. The number of carbonyl (C=O) groups excluding carboxylic acids is 3. The molecule has 15 heteroatoms. The summed E-state index contributed by atoms with van der Waals surface area (Å²) in [5, 5.41) is 0. The summed E-state index contributed by atoms with van der Waals surface area (Å²) in [7, 11) is -2.78. The molecule has 1 aliphatic rings. The predicted octanol–water partition coefficient (Wildman–Crippen LogP) is 3.83. The smallest absolute Gasteiger partial charge is 0.434 e. The van der Waals surface area contributed by atoms with Gasteiger partial charge in [0.05, 0.1) is 26.4 Å². The quantitative estimate of drug-likeness (QED) is 0.0627. The molecule has 14 nitrogen and oxygen atoms in total. The number of guanidine groups is 1. The van der Waals surface area contributed by atoms with E-state index in [1.807, 2.05) is 13.8 Å². The van der Waals surface area contributed by atoms with E-state index in [4.69, 9.17) is 38.6 Å². The van der Waals surface area contributed by atoms with Gasteiger partial charge in [-0.2, -0.15) is 0 Å². The summed E-state index contributed by atoms with van der Waals surface area (Å²) in [6.07, 6.45) is 3.73. The van der Waals surface area contributed by atoms with Crippen LogP contribution in [0.3, 0.4) is 0 Å². The van der Waals surface area contributed by atoms with E-state index in [9.17, 15) is 18.9 Å². The number of nitrogens with two attached hydrogens (primary N) is 1. The maximum atomic E-state index is 13.5. The van der Waals surface area contributed by atoms with Crippen LogP contribution in [0.1, 0.15) is 65.7 Å². The molecule has 37 heavy (non-hydrogen) atoms. The summed E-state index contributed by atoms with van der Waals surface area (Å²) in [5.74, 6) is -0.891. The minimum atomic E-state index is -4.34. The molecule has 1 atom stereocenters. The van der Waals surface area contributed by atoms with E-state index in [2.05, 4.69) is 4.76 Å². The maximum absolute atomic E-state index is 13.5. The highest BCUT2D eigenvalue weighted by Gasteiger charge is 2.44. The third-order valence-electron chi connectivity index (χ3n) is 5.23. The van der Waals surface area contributed by atoms with Crippen LogP contribution in [0.4, 0.5) is 9.59 Å². The number of hydrogen-bond donors (Lipinski definition) is 1. The molecule has 0 saturated heterocycles. The van der Waals surface area contributed by atoms with Crippen molar-refractivity contribution in [1.29, 1.82) is 0 Å². The Morgan fingerprint density at radius 1 is 0.838 bits per heavy atom. The average Bonchev–Trinajstić information content (AvgIpc) is 2.86. The van der Waals surface area contributed by atoms with Gasteiger partial charge in [-0.25, -0.2) is 18.9 Å². The van der Waals surface area contributed by atoms with E-state index in [0.29, 0.717) is 25.7 Å². The highest BCUT2D eigenvalue weighted by atomic mass is 31.2. The first-order valence-electron chi connectivity index (χ1n) is 12.5. The Morgan fingerprint density at radius 2 is 1.30 bits per heavy atom. The number of carbonyl (C=O) groups is 3. The molecule has 1 fully saturated rings. The van der Waals surface area contributed by atoms with Crippen molar-refractivity contribution in [3.8, 4) is 0 Å². The fourth-order valence-corrected chi connectivity index (χ4v) is 4.70. The van der Waals surface area contributed by atoms with E-state index in [0.717, 1.165) is 19.3 Å². The van der Waals surface area contributed by atoms with E-state index < -0.39 is 30.7 Å². The Bertz CT molecular complexity index is 773. The van der Waals surface area contributed by atoms with Crippen molar-refractivity contribution in [2.45, 2.75) is 71.8 Å². The molecule has 214 valence electrons. The molecule has 0 aromatic carbocycles. The molecule has 0 radical (unpaired) electrons. The van der Waals surface area contributed by atoms with Crippen LogP contribution in [0.2, 0.25) is 0 Å². The van der Waals surface area contributed by atoms with Crippen LogP contribution in [-0.4, -0.2) is 81.6 Å². The van der Waals surface area contributed by atoms with Crippen molar-refractivity contribution in [3.63, 3.8) is 0 Å². The van der Waals surface area contributed by atoms with Crippen LogP contribution >= 0.6 is 7.75 Å². The molecule has 1 unspecified atom stereocenters. The van der Waals surface area contributed by atoms with Gasteiger partial charge in [0, 0.05) is 19.8 Å². The molecule has 0 amide bonds. The van der Waals surface area contributed by atoms with Gasteiger partial charge in [-0.3, -0.25) is 13.9 Å². The Morgan fingerprint density at radius 3 is 1.73 bits per heavy atom.